The second-order valence-corrected chi connectivity index (χ2v) is 7.28. The predicted molar refractivity (Wildman–Crippen MR) is 85.5 cm³/mol. The average molecular weight is 293 g/mol. The Kier molecular flexibility index (Phi) is 4.34. The minimum Gasteiger partial charge on any atom is -0.316 e. The van der Waals surface area contributed by atoms with Crippen molar-refractivity contribution in [2.45, 2.75) is 32.1 Å². The molecule has 1 atom stereocenters. The molecule has 0 aliphatic carbocycles. The number of nitrogens with zero attached hydrogens (tertiary/aromatic N) is 1. The van der Waals surface area contributed by atoms with Crippen molar-refractivity contribution < 1.29 is 0 Å². The van der Waals surface area contributed by atoms with Crippen molar-refractivity contribution in [1.29, 1.82) is 0 Å². The summed E-state index contributed by atoms with van der Waals surface area (Å²) in [6, 6.07) is 8.44. The molecule has 0 aromatic heterocycles. The maximum Gasteiger partial charge on any atom is 0.0406 e. The van der Waals surface area contributed by atoms with Crippen LogP contribution < -0.4 is 5.32 Å². The Morgan fingerprint density at radius 1 is 1.25 bits per heavy atom. The molecule has 0 spiro atoms. The van der Waals surface area contributed by atoms with E-state index in [1.807, 2.05) is 12.1 Å². The van der Waals surface area contributed by atoms with Crippen LogP contribution in [0.25, 0.3) is 0 Å². The summed E-state index contributed by atoms with van der Waals surface area (Å²) in [6.07, 6.45) is 3.89. The molecule has 1 unspecified atom stereocenters. The number of halogens is 1. The lowest BCUT2D eigenvalue weighted by Crippen LogP contribution is -2.41. The summed E-state index contributed by atoms with van der Waals surface area (Å²) in [5.74, 6) is 0.720. The van der Waals surface area contributed by atoms with Gasteiger partial charge in [0.1, 0.15) is 0 Å². The average Bonchev–Trinajstić information content (AvgIpc) is 2.87. The summed E-state index contributed by atoms with van der Waals surface area (Å²) >= 11 is 5.97. The molecule has 2 nitrogen and oxygen atoms in total. The Balaban J connectivity index is 1.53. The van der Waals surface area contributed by atoms with Gasteiger partial charge in [-0.15, -0.1) is 0 Å². The van der Waals surface area contributed by atoms with Crippen LogP contribution in [-0.2, 0) is 0 Å². The van der Waals surface area contributed by atoms with Gasteiger partial charge in [0, 0.05) is 18.1 Å². The van der Waals surface area contributed by atoms with Crippen LogP contribution >= 0.6 is 11.6 Å². The molecule has 0 amide bonds. The first-order chi connectivity index (χ1) is 9.65. The maximum atomic E-state index is 5.97. The zero-order valence-electron chi connectivity index (χ0n) is 12.4. The van der Waals surface area contributed by atoms with Crippen molar-refractivity contribution in [3.8, 4) is 0 Å². The summed E-state index contributed by atoms with van der Waals surface area (Å²) in [5.41, 5.74) is 1.95. The quantitative estimate of drug-likeness (QED) is 0.917. The second-order valence-electron chi connectivity index (χ2n) is 6.84. The predicted octanol–water partition coefficient (Wildman–Crippen LogP) is 3.52. The molecule has 2 heterocycles. The van der Waals surface area contributed by atoms with E-state index in [1.54, 1.807) is 0 Å². The number of likely N-dealkylation sites (tertiary alicyclic amines) is 1. The van der Waals surface area contributed by atoms with Crippen LogP contribution in [0, 0.1) is 5.41 Å². The van der Waals surface area contributed by atoms with Crippen LogP contribution in [0.3, 0.4) is 0 Å². The van der Waals surface area contributed by atoms with Crippen molar-refractivity contribution in [1.82, 2.24) is 10.2 Å². The molecule has 2 aliphatic heterocycles. The van der Waals surface area contributed by atoms with Crippen molar-refractivity contribution in [2.24, 2.45) is 5.41 Å². The SMILES string of the molecule is CC1(CN2CCC(c3ccc(Cl)cc3)CC2)CCNC1. The molecular weight excluding hydrogens is 268 g/mol. The topological polar surface area (TPSA) is 15.3 Å². The second kappa shape index (κ2) is 6.05. The number of piperidine rings is 1. The van der Waals surface area contributed by atoms with Gasteiger partial charge in [-0.1, -0.05) is 30.7 Å². The Morgan fingerprint density at radius 2 is 1.95 bits per heavy atom. The van der Waals surface area contributed by atoms with Crippen molar-refractivity contribution in [3.05, 3.63) is 34.9 Å². The minimum absolute atomic E-state index is 0.493. The summed E-state index contributed by atoms with van der Waals surface area (Å²) in [5, 5.41) is 4.34. The highest BCUT2D eigenvalue weighted by molar-refractivity contribution is 6.30. The molecule has 20 heavy (non-hydrogen) atoms. The van der Waals surface area contributed by atoms with E-state index in [2.05, 4.69) is 29.3 Å². The van der Waals surface area contributed by atoms with E-state index in [0.717, 1.165) is 10.9 Å². The fourth-order valence-electron chi connectivity index (χ4n) is 3.70. The van der Waals surface area contributed by atoms with Gasteiger partial charge in [-0.3, -0.25) is 0 Å². The van der Waals surface area contributed by atoms with Gasteiger partial charge < -0.3 is 10.2 Å². The van der Waals surface area contributed by atoms with Gasteiger partial charge in [0.05, 0.1) is 0 Å². The van der Waals surface area contributed by atoms with E-state index in [0.29, 0.717) is 5.41 Å². The molecule has 1 aromatic rings. The molecule has 2 fully saturated rings. The highest BCUT2D eigenvalue weighted by Gasteiger charge is 2.32. The third kappa shape index (κ3) is 3.36. The molecule has 2 aliphatic rings. The van der Waals surface area contributed by atoms with E-state index >= 15 is 0 Å². The van der Waals surface area contributed by atoms with Crippen LogP contribution in [0.1, 0.15) is 37.7 Å². The molecule has 3 heteroatoms. The van der Waals surface area contributed by atoms with Gasteiger partial charge in [0.25, 0.3) is 0 Å². The number of benzene rings is 1. The zero-order chi connectivity index (χ0) is 14.0. The number of rotatable bonds is 3. The highest BCUT2D eigenvalue weighted by atomic mass is 35.5. The van der Waals surface area contributed by atoms with Gasteiger partial charge in [0.15, 0.2) is 0 Å². The van der Waals surface area contributed by atoms with Gasteiger partial charge in [-0.05, 0) is 67.9 Å². The zero-order valence-corrected chi connectivity index (χ0v) is 13.1. The molecule has 110 valence electrons. The first-order valence-electron chi connectivity index (χ1n) is 7.83. The van der Waals surface area contributed by atoms with E-state index < -0.39 is 0 Å². The summed E-state index contributed by atoms with van der Waals surface area (Å²) in [4.78, 5) is 2.67. The van der Waals surface area contributed by atoms with E-state index in [-0.39, 0.29) is 0 Å². The fourth-order valence-corrected chi connectivity index (χ4v) is 3.83. The summed E-state index contributed by atoms with van der Waals surface area (Å²) < 4.78 is 0. The highest BCUT2D eigenvalue weighted by Crippen LogP contribution is 2.32. The molecular formula is C17H25ClN2. The lowest BCUT2D eigenvalue weighted by molar-refractivity contribution is 0.144. The Labute approximate surface area is 127 Å². The third-order valence-electron chi connectivity index (χ3n) is 4.99. The van der Waals surface area contributed by atoms with Crippen molar-refractivity contribution >= 4 is 11.6 Å². The van der Waals surface area contributed by atoms with Crippen LogP contribution in [-0.4, -0.2) is 37.6 Å². The number of hydrogen-bond donors (Lipinski definition) is 1. The van der Waals surface area contributed by atoms with E-state index in [9.17, 15) is 0 Å². The number of nitrogens with one attached hydrogen (secondary N) is 1. The van der Waals surface area contributed by atoms with E-state index in [1.165, 1.54) is 57.5 Å². The first-order valence-corrected chi connectivity index (χ1v) is 8.21. The fraction of sp³-hybridized carbons (Fsp3) is 0.647. The molecule has 2 saturated heterocycles. The van der Waals surface area contributed by atoms with Gasteiger partial charge in [-0.25, -0.2) is 0 Å². The van der Waals surface area contributed by atoms with Crippen LogP contribution in [0.5, 0.6) is 0 Å². The summed E-state index contributed by atoms with van der Waals surface area (Å²) in [7, 11) is 0. The smallest absolute Gasteiger partial charge is 0.0406 e. The molecule has 0 bridgehead atoms. The van der Waals surface area contributed by atoms with Gasteiger partial charge >= 0.3 is 0 Å². The summed E-state index contributed by atoms with van der Waals surface area (Å²) in [6.45, 7) is 8.54. The van der Waals surface area contributed by atoms with Gasteiger partial charge in [-0.2, -0.15) is 0 Å². The largest absolute Gasteiger partial charge is 0.316 e. The van der Waals surface area contributed by atoms with Crippen molar-refractivity contribution in [2.75, 3.05) is 32.7 Å². The molecule has 0 radical (unpaired) electrons. The van der Waals surface area contributed by atoms with Crippen LogP contribution in [0.4, 0.5) is 0 Å². The lowest BCUT2D eigenvalue weighted by Gasteiger charge is -2.37. The molecule has 3 rings (SSSR count). The molecule has 1 N–H and O–H groups in total. The van der Waals surface area contributed by atoms with Crippen LogP contribution in [0.15, 0.2) is 24.3 Å². The monoisotopic (exact) mass is 292 g/mol. The Hall–Kier alpha value is -0.570. The normalized spacial score (nSPS) is 28.9. The Morgan fingerprint density at radius 3 is 2.55 bits per heavy atom. The molecule has 0 saturated carbocycles. The third-order valence-corrected chi connectivity index (χ3v) is 5.24. The van der Waals surface area contributed by atoms with Crippen LogP contribution in [0.2, 0.25) is 5.02 Å². The standard InChI is InChI=1S/C17H25ClN2/c1-17(8-9-19-12-17)13-20-10-6-15(7-11-20)14-2-4-16(18)5-3-14/h2-5,15,19H,6-13H2,1H3. The van der Waals surface area contributed by atoms with Crippen molar-refractivity contribution in [3.63, 3.8) is 0 Å². The number of hydrogen-bond acceptors (Lipinski definition) is 2. The molecule has 1 aromatic carbocycles. The Bertz CT molecular complexity index is 429. The lowest BCUT2D eigenvalue weighted by atomic mass is 9.86. The van der Waals surface area contributed by atoms with Gasteiger partial charge in [0.2, 0.25) is 0 Å². The van der Waals surface area contributed by atoms with E-state index in [4.69, 9.17) is 11.6 Å². The first kappa shape index (κ1) is 14.4. The maximum absolute atomic E-state index is 5.97. The minimum atomic E-state index is 0.493.